The van der Waals surface area contributed by atoms with Crippen LogP contribution in [0.2, 0.25) is 0 Å². The molecule has 1 atom stereocenters. The number of hydrogen-bond donors (Lipinski definition) is 0. The number of rotatable bonds is 2. The molecule has 0 bridgehead atoms. The fourth-order valence-electron chi connectivity index (χ4n) is 4.42. The van der Waals surface area contributed by atoms with Gasteiger partial charge in [0, 0.05) is 40.2 Å². The number of benzene rings is 2. The van der Waals surface area contributed by atoms with E-state index in [1.165, 1.54) is 6.07 Å². The van der Waals surface area contributed by atoms with Gasteiger partial charge in [0.15, 0.2) is 5.78 Å². The van der Waals surface area contributed by atoms with Crippen molar-refractivity contribution in [2.75, 3.05) is 4.90 Å². The smallest absolute Gasteiger partial charge is 0.232 e. The van der Waals surface area contributed by atoms with E-state index in [1.807, 2.05) is 26.0 Å². The minimum absolute atomic E-state index is 0.0208. The van der Waals surface area contributed by atoms with Crippen LogP contribution in [0, 0.1) is 19.7 Å². The van der Waals surface area contributed by atoms with E-state index in [0.29, 0.717) is 30.4 Å². The molecule has 2 aromatic carbocycles. The molecule has 2 aliphatic rings. The van der Waals surface area contributed by atoms with Crippen LogP contribution in [0.3, 0.4) is 0 Å². The van der Waals surface area contributed by atoms with Gasteiger partial charge in [-0.25, -0.2) is 4.39 Å². The zero-order valence-corrected chi connectivity index (χ0v) is 17.5. The van der Waals surface area contributed by atoms with E-state index >= 15 is 0 Å². The predicted octanol–water partition coefficient (Wildman–Crippen LogP) is 5.73. The summed E-state index contributed by atoms with van der Waals surface area (Å²) in [4.78, 5) is 27.8. The normalized spacial score (nSPS) is 19.9. The number of halogens is 2. The summed E-state index contributed by atoms with van der Waals surface area (Å²) in [5, 5.41) is 0. The second-order valence-corrected chi connectivity index (χ2v) is 8.55. The lowest BCUT2D eigenvalue weighted by molar-refractivity contribution is -0.119. The third-order valence-corrected chi connectivity index (χ3v) is 5.97. The molecule has 2 aromatic rings. The van der Waals surface area contributed by atoms with Gasteiger partial charge in [-0.1, -0.05) is 22.0 Å². The number of aryl methyl sites for hydroxylation is 2. The lowest BCUT2D eigenvalue weighted by atomic mass is 9.77. The standard InChI is InChI=1S/C23H21BrFNO2/c1-13-8-14(2)10-16(9-13)26-20-4-3-5-21(27)23(20)18(12-22(26)28)17-11-15(24)6-7-19(17)25/h6-11,18H,3-5,12H2,1-2H3. The first kappa shape index (κ1) is 19.1. The number of amides is 1. The van der Waals surface area contributed by atoms with E-state index in [1.54, 1.807) is 17.0 Å². The van der Waals surface area contributed by atoms with Crippen molar-refractivity contribution in [3.63, 3.8) is 0 Å². The van der Waals surface area contributed by atoms with Crippen molar-refractivity contribution in [1.29, 1.82) is 0 Å². The Kier molecular flexibility index (Phi) is 4.96. The molecular weight excluding hydrogens is 421 g/mol. The van der Waals surface area contributed by atoms with Crippen LogP contribution in [0.25, 0.3) is 0 Å². The average Bonchev–Trinajstić information content (AvgIpc) is 2.62. The minimum Gasteiger partial charge on any atom is -0.294 e. The molecule has 0 saturated carbocycles. The molecule has 0 aromatic heterocycles. The molecule has 0 N–H and O–H groups in total. The molecule has 28 heavy (non-hydrogen) atoms. The third-order valence-electron chi connectivity index (χ3n) is 5.47. The molecule has 5 heteroatoms. The monoisotopic (exact) mass is 441 g/mol. The Labute approximate surface area is 172 Å². The molecule has 144 valence electrons. The van der Waals surface area contributed by atoms with Crippen LogP contribution >= 0.6 is 15.9 Å². The largest absolute Gasteiger partial charge is 0.294 e. The summed E-state index contributed by atoms with van der Waals surface area (Å²) >= 11 is 3.38. The van der Waals surface area contributed by atoms with Crippen LogP contribution in [-0.2, 0) is 9.59 Å². The summed E-state index contributed by atoms with van der Waals surface area (Å²) in [6.45, 7) is 3.98. The first-order valence-electron chi connectivity index (χ1n) is 9.47. The summed E-state index contributed by atoms with van der Waals surface area (Å²) in [5.41, 5.74) is 4.66. The predicted molar refractivity (Wildman–Crippen MR) is 111 cm³/mol. The maximum absolute atomic E-state index is 14.6. The first-order valence-corrected chi connectivity index (χ1v) is 10.3. The number of ketones is 1. The molecule has 1 amide bonds. The van der Waals surface area contributed by atoms with Crippen molar-refractivity contribution in [3.8, 4) is 0 Å². The van der Waals surface area contributed by atoms with E-state index < -0.39 is 5.92 Å². The Morgan fingerprint density at radius 3 is 2.46 bits per heavy atom. The Morgan fingerprint density at radius 2 is 1.75 bits per heavy atom. The van der Waals surface area contributed by atoms with Gasteiger partial charge in [-0.05, 0) is 73.7 Å². The van der Waals surface area contributed by atoms with Crippen molar-refractivity contribution in [2.45, 2.75) is 45.4 Å². The highest BCUT2D eigenvalue weighted by Crippen LogP contribution is 2.44. The Bertz CT molecular complexity index is 1010. The highest BCUT2D eigenvalue weighted by molar-refractivity contribution is 9.10. The summed E-state index contributed by atoms with van der Waals surface area (Å²) in [6.07, 6.45) is 1.89. The molecular formula is C23H21BrFNO2. The van der Waals surface area contributed by atoms with E-state index in [2.05, 4.69) is 22.0 Å². The molecule has 0 fully saturated rings. The van der Waals surface area contributed by atoms with Gasteiger partial charge in [0.2, 0.25) is 5.91 Å². The number of allylic oxidation sites excluding steroid dienone is 2. The zero-order chi connectivity index (χ0) is 20.0. The van der Waals surface area contributed by atoms with Crippen LogP contribution < -0.4 is 4.90 Å². The minimum atomic E-state index is -0.532. The number of nitrogens with zero attached hydrogens (tertiary/aromatic N) is 1. The van der Waals surface area contributed by atoms with E-state index in [-0.39, 0.29) is 23.9 Å². The fraction of sp³-hybridized carbons (Fsp3) is 0.304. The van der Waals surface area contributed by atoms with Gasteiger partial charge in [0.1, 0.15) is 5.82 Å². The Morgan fingerprint density at radius 1 is 1.04 bits per heavy atom. The number of hydrogen-bond acceptors (Lipinski definition) is 2. The maximum atomic E-state index is 14.6. The molecule has 1 unspecified atom stereocenters. The molecule has 0 radical (unpaired) electrons. The molecule has 1 aliphatic heterocycles. The number of Topliss-reactive ketones (excluding diaryl/α,β-unsaturated/α-hetero) is 1. The van der Waals surface area contributed by atoms with Gasteiger partial charge in [-0.15, -0.1) is 0 Å². The van der Waals surface area contributed by atoms with Crippen LogP contribution in [0.15, 0.2) is 52.1 Å². The van der Waals surface area contributed by atoms with Crippen molar-refractivity contribution in [2.24, 2.45) is 0 Å². The van der Waals surface area contributed by atoms with Crippen molar-refractivity contribution in [3.05, 3.63) is 74.6 Å². The molecule has 4 rings (SSSR count). The van der Waals surface area contributed by atoms with Crippen LogP contribution in [-0.4, -0.2) is 11.7 Å². The van der Waals surface area contributed by atoms with Gasteiger partial charge in [-0.3, -0.25) is 14.5 Å². The topological polar surface area (TPSA) is 37.4 Å². The second-order valence-electron chi connectivity index (χ2n) is 7.63. The summed E-state index contributed by atoms with van der Waals surface area (Å²) < 4.78 is 15.3. The molecule has 3 nitrogen and oxygen atoms in total. The Balaban J connectivity index is 1.91. The summed E-state index contributed by atoms with van der Waals surface area (Å²) in [6, 6.07) is 10.7. The maximum Gasteiger partial charge on any atom is 0.232 e. The molecule has 0 saturated heterocycles. The van der Waals surface area contributed by atoms with Crippen LogP contribution in [0.5, 0.6) is 0 Å². The van der Waals surface area contributed by atoms with E-state index in [4.69, 9.17) is 0 Å². The second kappa shape index (κ2) is 7.28. The zero-order valence-electron chi connectivity index (χ0n) is 15.9. The van der Waals surface area contributed by atoms with Crippen molar-refractivity contribution >= 4 is 33.3 Å². The van der Waals surface area contributed by atoms with E-state index in [9.17, 15) is 14.0 Å². The fourth-order valence-corrected chi connectivity index (χ4v) is 4.80. The third kappa shape index (κ3) is 3.32. The number of carbonyl (C=O) groups excluding carboxylic acids is 2. The SMILES string of the molecule is Cc1cc(C)cc(N2C(=O)CC(c3cc(Br)ccc3F)C3=C2CCCC3=O)c1. The number of carbonyl (C=O) groups is 2. The van der Waals surface area contributed by atoms with Crippen molar-refractivity contribution < 1.29 is 14.0 Å². The summed E-state index contributed by atoms with van der Waals surface area (Å²) in [5.74, 6) is -0.989. The lowest BCUT2D eigenvalue weighted by Gasteiger charge is -2.38. The van der Waals surface area contributed by atoms with Crippen LogP contribution in [0.4, 0.5) is 10.1 Å². The highest BCUT2D eigenvalue weighted by atomic mass is 79.9. The lowest BCUT2D eigenvalue weighted by Crippen LogP contribution is -2.40. The summed E-state index contributed by atoms with van der Waals surface area (Å²) in [7, 11) is 0. The Hall–Kier alpha value is -2.27. The quantitative estimate of drug-likeness (QED) is 0.596. The highest BCUT2D eigenvalue weighted by Gasteiger charge is 2.40. The first-order chi connectivity index (χ1) is 13.3. The van der Waals surface area contributed by atoms with Gasteiger partial charge >= 0.3 is 0 Å². The van der Waals surface area contributed by atoms with Gasteiger partial charge < -0.3 is 0 Å². The van der Waals surface area contributed by atoms with Crippen molar-refractivity contribution in [1.82, 2.24) is 0 Å². The van der Waals surface area contributed by atoms with Crippen LogP contribution in [0.1, 0.15) is 48.3 Å². The molecule has 1 aliphatic carbocycles. The molecule has 1 heterocycles. The van der Waals surface area contributed by atoms with Gasteiger partial charge in [-0.2, -0.15) is 0 Å². The average molecular weight is 442 g/mol. The number of anilines is 1. The molecule has 0 spiro atoms. The van der Waals surface area contributed by atoms with Gasteiger partial charge in [0.05, 0.1) is 0 Å². The van der Waals surface area contributed by atoms with E-state index in [0.717, 1.165) is 27.0 Å². The van der Waals surface area contributed by atoms with Gasteiger partial charge in [0.25, 0.3) is 0 Å².